The molecule has 0 N–H and O–H groups in total. The Morgan fingerprint density at radius 2 is 1.36 bits per heavy atom. The number of rotatable bonds is 8. The topological polar surface area (TPSA) is 27.7 Å². The minimum Gasteiger partial charge on any atom is -0.374 e. The Morgan fingerprint density at radius 3 is 1.57 bits per heavy atom. The van der Waals surface area contributed by atoms with Gasteiger partial charge in [0, 0.05) is 30.7 Å². The molecule has 3 nitrogen and oxygen atoms in total. The smallest absolute Gasteiger partial charge is 0.374 e. The van der Waals surface area contributed by atoms with Crippen LogP contribution in [0.15, 0.2) is 0 Å². The average Bonchev–Trinajstić information content (AvgIpc) is 2.03. The summed E-state index contributed by atoms with van der Waals surface area (Å²) >= 11 is 3.51. The maximum Gasteiger partial charge on any atom is 0.502 e. The molecule has 0 heterocycles. The highest BCUT2D eigenvalue weighted by molar-refractivity contribution is 9.09. The summed E-state index contributed by atoms with van der Waals surface area (Å²) in [4.78, 5) is 0.360. The van der Waals surface area contributed by atoms with Crippen LogP contribution in [0.4, 0.5) is 0 Å². The first kappa shape index (κ1) is 14.6. The predicted molar refractivity (Wildman–Crippen MR) is 63.8 cm³/mol. The summed E-state index contributed by atoms with van der Waals surface area (Å²) in [7, 11) is -2.41. The summed E-state index contributed by atoms with van der Waals surface area (Å²) in [6, 6.07) is 0.822. The molecule has 0 aromatic rings. The Balaban J connectivity index is 4.37. The zero-order chi connectivity index (χ0) is 11.0. The Bertz CT molecular complexity index is 127. The molecule has 14 heavy (non-hydrogen) atoms. The van der Waals surface area contributed by atoms with Crippen LogP contribution in [-0.4, -0.2) is 33.5 Å². The first-order chi connectivity index (χ1) is 6.60. The van der Waals surface area contributed by atoms with E-state index >= 15 is 0 Å². The van der Waals surface area contributed by atoms with E-state index in [0.29, 0.717) is 24.6 Å². The zero-order valence-corrected chi connectivity index (χ0v) is 12.1. The van der Waals surface area contributed by atoms with Gasteiger partial charge in [0.15, 0.2) is 0 Å². The van der Waals surface area contributed by atoms with E-state index in [4.69, 9.17) is 13.3 Å². The Hall–Kier alpha value is 0.577. The van der Waals surface area contributed by atoms with Crippen molar-refractivity contribution in [3.05, 3.63) is 0 Å². The van der Waals surface area contributed by atoms with E-state index in [9.17, 15) is 0 Å². The van der Waals surface area contributed by atoms with E-state index in [1.807, 2.05) is 20.8 Å². The van der Waals surface area contributed by atoms with Crippen molar-refractivity contribution in [1.82, 2.24) is 0 Å². The third-order valence-electron chi connectivity index (χ3n) is 1.62. The Labute approximate surface area is 96.6 Å². The summed E-state index contributed by atoms with van der Waals surface area (Å²) < 4.78 is 17.1. The maximum atomic E-state index is 5.69. The van der Waals surface area contributed by atoms with Gasteiger partial charge in [0.25, 0.3) is 0 Å². The predicted octanol–water partition coefficient (Wildman–Crippen LogP) is 2.82. The van der Waals surface area contributed by atoms with Gasteiger partial charge in [-0.05, 0) is 20.8 Å². The molecule has 0 amide bonds. The summed E-state index contributed by atoms with van der Waals surface area (Å²) in [5, 5.41) is 0. The lowest BCUT2D eigenvalue weighted by Crippen LogP contribution is -2.47. The largest absolute Gasteiger partial charge is 0.502 e. The molecule has 0 fully saturated rings. The zero-order valence-electron chi connectivity index (χ0n) is 9.51. The van der Waals surface area contributed by atoms with Gasteiger partial charge in [-0.1, -0.05) is 22.9 Å². The van der Waals surface area contributed by atoms with Gasteiger partial charge in [-0.2, -0.15) is 0 Å². The third kappa shape index (κ3) is 5.46. The van der Waals surface area contributed by atoms with Crippen molar-refractivity contribution in [3.8, 4) is 0 Å². The van der Waals surface area contributed by atoms with E-state index in [2.05, 4.69) is 22.9 Å². The van der Waals surface area contributed by atoms with Gasteiger partial charge in [0.2, 0.25) is 0 Å². The average molecular weight is 285 g/mol. The second-order valence-corrected chi connectivity index (χ2v) is 7.17. The molecular weight excluding hydrogens is 264 g/mol. The quantitative estimate of drug-likeness (QED) is 0.507. The van der Waals surface area contributed by atoms with Crippen LogP contribution in [0.1, 0.15) is 27.7 Å². The summed E-state index contributed by atoms with van der Waals surface area (Å²) in [6.45, 7) is 9.93. The Morgan fingerprint density at radius 1 is 1.00 bits per heavy atom. The molecule has 1 atom stereocenters. The summed E-state index contributed by atoms with van der Waals surface area (Å²) in [5.41, 5.74) is 0. The Kier molecular flexibility index (Phi) is 8.14. The van der Waals surface area contributed by atoms with Crippen molar-refractivity contribution in [2.45, 2.75) is 38.6 Å². The van der Waals surface area contributed by atoms with Gasteiger partial charge in [0.1, 0.15) is 0 Å². The molecule has 0 aliphatic rings. The third-order valence-corrected chi connectivity index (χ3v) is 5.84. The molecule has 0 rings (SSSR count). The minimum absolute atomic E-state index is 0.360. The number of hydrogen-bond acceptors (Lipinski definition) is 3. The lowest BCUT2D eigenvalue weighted by molar-refractivity contribution is 0.0716. The second-order valence-electron chi connectivity index (χ2n) is 2.97. The summed E-state index contributed by atoms with van der Waals surface area (Å²) in [5.74, 6) is 0. The summed E-state index contributed by atoms with van der Waals surface area (Å²) in [6.07, 6.45) is 0. The number of alkyl halides is 1. The van der Waals surface area contributed by atoms with E-state index < -0.39 is 8.80 Å². The van der Waals surface area contributed by atoms with Gasteiger partial charge < -0.3 is 13.3 Å². The highest BCUT2D eigenvalue weighted by Crippen LogP contribution is 2.21. The molecule has 86 valence electrons. The van der Waals surface area contributed by atoms with Crippen molar-refractivity contribution in [1.29, 1.82) is 0 Å². The molecule has 0 aromatic carbocycles. The van der Waals surface area contributed by atoms with Crippen molar-refractivity contribution in [2.24, 2.45) is 0 Å². The first-order valence-corrected chi connectivity index (χ1v) is 8.00. The van der Waals surface area contributed by atoms with E-state index in [1.54, 1.807) is 0 Å². The molecule has 0 radical (unpaired) electrons. The van der Waals surface area contributed by atoms with Gasteiger partial charge in [0.05, 0.1) is 0 Å². The monoisotopic (exact) mass is 284 g/mol. The highest BCUT2D eigenvalue weighted by Gasteiger charge is 2.41. The van der Waals surface area contributed by atoms with Crippen molar-refractivity contribution in [3.63, 3.8) is 0 Å². The van der Waals surface area contributed by atoms with Crippen LogP contribution in [0.25, 0.3) is 0 Å². The number of hydrogen-bond donors (Lipinski definition) is 0. The minimum atomic E-state index is -2.41. The van der Waals surface area contributed by atoms with E-state index in [1.165, 1.54) is 0 Å². The standard InChI is InChI=1S/C9H21BrO3Si/c1-5-11-14(12-6-2,13-7-3)8-9(4)10/h9H,5-8H2,1-4H3. The fourth-order valence-corrected chi connectivity index (χ4v) is 5.11. The first-order valence-electron chi connectivity index (χ1n) is 5.16. The molecule has 0 spiro atoms. The maximum absolute atomic E-state index is 5.69. The van der Waals surface area contributed by atoms with E-state index in [-0.39, 0.29) is 0 Å². The molecule has 0 saturated carbocycles. The van der Waals surface area contributed by atoms with Crippen LogP contribution in [0.3, 0.4) is 0 Å². The molecule has 0 aliphatic heterocycles. The lowest BCUT2D eigenvalue weighted by atomic mass is 10.6. The van der Waals surface area contributed by atoms with Crippen molar-refractivity contribution < 1.29 is 13.3 Å². The van der Waals surface area contributed by atoms with Crippen LogP contribution < -0.4 is 0 Å². The molecule has 0 bridgehead atoms. The molecule has 5 heteroatoms. The second kappa shape index (κ2) is 7.82. The fourth-order valence-electron chi connectivity index (χ4n) is 1.31. The molecule has 1 unspecified atom stereocenters. The van der Waals surface area contributed by atoms with Crippen molar-refractivity contribution in [2.75, 3.05) is 19.8 Å². The van der Waals surface area contributed by atoms with Crippen LogP contribution in [0.2, 0.25) is 6.04 Å². The number of halogens is 1. The van der Waals surface area contributed by atoms with Gasteiger partial charge in [-0.3, -0.25) is 0 Å². The van der Waals surface area contributed by atoms with Gasteiger partial charge >= 0.3 is 8.80 Å². The normalized spacial score (nSPS) is 14.4. The fraction of sp³-hybridized carbons (Fsp3) is 1.00. The van der Waals surface area contributed by atoms with Crippen LogP contribution in [0, 0.1) is 0 Å². The molecular formula is C9H21BrO3Si. The highest BCUT2D eigenvalue weighted by atomic mass is 79.9. The molecule has 0 saturated heterocycles. The lowest BCUT2D eigenvalue weighted by Gasteiger charge is -2.29. The van der Waals surface area contributed by atoms with Crippen LogP contribution in [0.5, 0.6) is 0 Å². The van der Waals surface area contributed by atoms with Gasteiger partial charge in [-0.25, -0.2) is 0 Å². The van der Waals surface area contributed by atoms with Gasteiger partial charge in [-0.15, -0.1) is 0 Å². The van der Waals surface area contributed by atoms with Crippen molar-refractivity contribution >= 4 is 24.7 Å². The van der Waals surface area contributed by atoms with Crippen LogP contribution in [-0.2, 0) is 13.3 Å². The van der Waals surface area contributed by atoms with E-state index in [0.717, 1.165) is 6.04 Å². The van der Waals surface area contributed by atoms with Crippen LogP contribution >= 0.6 is 15.9 Å². The molecule has 0 aliphatic carbocycles. The molecule has 0 aromatic heterocycles. The SMILES string of the molecule is CCO[Si](CC(C)Br)(OCC)OCC.